The molecule has 0 aromatic heterocycles. The summed E-state index contributed by atoms with van der Waals surface area (Å²) < 4.78 is 27.7. The lowest BCUT2D eigenvalue weighted by atomic mass is 10.0. The van der Waals surface area contributed by atoms with Crippen LogP contribution in [0.3, 0.4) is 0 Å². The van der Waals surface area contributed by atoms with Gasteiger partial charge in [-0.1, -0.05) is 17.7 Å². The van der Waals surface area contributed by atoms with E-state index in [1.54, 1.807) is 0 Å². The Hall–Kier alpha value is -1.07. The predicted molar refractivity (Wildman–Crippen MR) is 78.4 cm³/mol. The minimum Gasteiger partial charge on any atom is -0.493 e. The summed E-state index contributed by atoms with van der Waals surface area (Å²) in [7, 11) is -2.91. The summed E-state index contributed by atoms with van der Waals surface area (Å²) in [5.41, 5.74) is 8.06. The molecular weight excluding hydrogens is 262 g/mol. The maximum atomic E-state index is 11.0. The Morgan fingerprint density at radius 2 is 2.05 bits per heavy atom. The van der Waals surface area contributed by atoms with Crippen LogP contribution in [0.1, 0.15) is 24.5 Å². The van der Waals surface area contributed by atoms with Crippen molar-refractivity contribution >= 4 is 9.84 Å². The van der Waals surface area contributed by atoms with Gasteiger partial charge in [-0.2, -0.15) is 0 Å². The minimum atomic E-state index is -2.91. The summed E-state index contributed by atoms with van der Waals surface area (Å²) in [6, 6.07) is 6.04. The quantitative estimate of drug-likeness (QED) is 0.774. The molecule has 1 rings (SSSR count). The topological polar surface area (TPSA) is 69.4 Å². The Labute approximate surface area is 115 Å². The molecule has 0 aliphatic heterocycles. The molecule has 2 N–H and O–H groups in total. The third kappa shape index (κ3) is 6.59. The van der Waals surface area contributed by atoms with Gasteiger partial charge in [0.1, 0.15) is 15.6 Å². The number of benzene rings is 1. The fourth-order valence-corrected chi connectivity index (χ4v) is 2.50. The van der Waals surface area contributed by atoms with Crippen LogP contribution in [-0.4, -0.2) is 33.1 Å². The van der Waals surface area contributed by atoms with Gasteiger partial charge in [0.05, 0.1) is 12.4 Å². The number of nitrogens with two attached hydrogens (primary N) is 1. The molecule has 1 aromatic rings. The van der Waals surface area contributed by atoms with Gasteiger partial charge in [0.25, 0.3) is 0 Å². The van der Waals surface area contributed by atoms with Crippen LogP contribution in [0.5, 0.6) is 5.75 Å². The molecule has 0 bridgehead atoms. The number of hydrogen-bond acceptors (Lipinski definition) is 4. The van der Waals surface area contributed by atoms with Crippen molar-refractivity contribution in [3.05, 3.63) is 29.3 Å². The molecule has 4 nitrogen and oxygen atoms in total. The molecule has 108 valence electrons. The van der Waals surface area contributed by atoms with E-state index in [-0.39, 0.29) is 11.8 Å². The van der Waals surface area contributed by atoms with Gasteiger partial charge in [0.15, 0.2) is 0 Å². The van der Waals surface area contributed by atoms with Crippen molar-refractivity contribution in [3.63, 3.8) is 0 Å². The molecule has 0 saturated carbocycles. The van der Waals surface area contributed by atoms with E-state index in [4.69, 9.17) is 10.5 Å². The Balaban J connectivity index is 2.62. The lowest BCUT2D eigenvalue weighted by Gasteiger charge is -2.14. The van der Waals surface area contributed by atoms with E-state index in [0.717, 1.165) is 17.7 Å². The van der Waals surface area contributed by atoms with Crippen molar-refractivity contribution in [2.75, 3.05) is 18.6 Å². The van der Waals surface area contributed by atoms with Crippen molar-refractivity contribution in [1.82, 2.24) is 0 Å². The molecule has 0 saturated heterocycles. The smallest absolute Gasteiger partial charge is 0.147 e. The van der Waals surface area contributed by atoms with Crippen LogP contribution in [0.15, 0.2) is 18.2 Å². The fourth-order valence-electron chi connectivity index (χ4n) is 1.86. The first-order valence-corrected chi connectivity index (χ1v) is 8.49. The second-order valence-corrected chi connectivity index (χ2v) is 7.38. The third-order valence-electron chi connectivity index (χ3n) is 2.67. The standard InChI is InChI=1S/C14H23NO3S/c1-11-5-6-14(13(9-11)10-12(2)15)18-7-4-8-19(3,16)17/h5-6,9,12H,4,7-8,10,15H2,1-3H3. The predicted octanol–water partition coefficient (Wildman–Crippen LogP) is 1.70. The van der Waals surface area contributed by atoms with Crippen LogP contribution in [-0.2, 0) is 16.3 Å². The molecule has 0 spiro atoms. The van der Waals surface area contributed by atoms with Crippen LogP contribution < -0.4 is 10.5 Å². The van der Waals surface area contributed by atoms with Crippen LogP contribution in [0.4, 0.5) is 0 Å². The highest BCUT2D eigenvalue weighted by molar-refractivity contribution is 7.90. The SMILES string of the molecule is Cc1ccc(OCCCS(C)(=O)=O)c(CC(C)N)c1. The molecule has 1 atom stereocenters. The molecule has 0 fully saturated rings. The van der Waals surface area contributed by atoms with Gasteiger partial charge in [-0.25, -0.2) is 8.42 Å². The Kier molecular flexibility index (Phi) is 5.82. The summed E-state index contributed by atoms with van der Waals surface area (Å²) in [6.07, 6.45) is 2.49. The first kappa shape index (κ1) is 16.0. The van der Waals surface area contributed by atoms with Crippen molar-refractivity contribution < 1.29 is 13.2 Å². The van der Waals surface area contributed by atoms with Crippen LogP contribution in [0.2, 0.25) is 0 Å². The zero-order chi connectivity index (χ0) is 14.5. The Morgan fingerprint density at radius 3 is 2.63 bits per heavy atom. The molecule has 0 aliphatic rings. The minimum absolute atomic E-state index is 0.0696. The first-order valence-electron chi connectivity index (χ1n) is 6.43. The monoisotopic (exact) mass is 285 g/mol. The van der Waals surface area contributed by atoms with Crippen LogP contribution in [0, 0.1) is 6.92 Å². The van der Waals surface area contributed by atoms with Gasteiger partial charge >= 0.3 is 0 Å². The largest absolute Gasteiger partial charge is 0.493 e. The molecule has 1 aromatic carbocycles. The molecular formula is C14H23NO3S. The van der Waals surface area contributed by atoms with E-state index < -0.39 is 9.84 Å². The molecule has 0 aliphatic carbocycles. The number of rotatable bonds is 7. The van der Waals surface area contributed by atoms with Crippen molar-refractivity contribution in [1.29, 1.82) is 0 Å². The highest BCUT2D eigenvalue weighted by atomic mass is 32.2. The maximum Gasteiger partial charge on any atom is 0.147 e. The second kappa shape index (κ2) is 6.91. The van der Waals surface area contributed by atoms with Gasteiger partial charge in [-0.15, -0.1) is 0 Å². The molecule has 0 radical (unpaired) electrons. The summed E-state index contributed by atoms with van der Waals surface area (Å²) in [5, 5.41) is 0. The van der Waals surface area contributed by atoms with E-state index >= 15 is 0 Å². The average molecular weight is 285 g/mol. The zero-order valence-electron chi connectivity index (χ0n) is 11.8. The van der Waals surface area contributed by atoms with E-state index in [9.17, 15) is 8.42 Å². The highest BCUT2D eigenvalue weighted by Crippen LogP contribution is 2.21. The second-order valence-electron chi connectivity index (χ2n) is 5.12. The number of hydrogen-bond donors (Lipinski definition) is 1. The van der Waals surface area contributed by atoms with Gasteiger partial charge in [0.2, 0.25) is 0 Å². The van der Waals surface area contributed by atoms with Gasteiger partial charge in [-0.3, -0.25) is 0 Å². The van der Waals surface area contributed by atoms with E-state index in [1.807, 2.05) is 26.0 Å². The lowest BCUT2D eigenvalue weighted by Crippen LogP contribution is -2.18. The zero-order valence-corrected chi connectivity index (χ0v) is 12.7. The maximum absolute atomic E-state index is 11.0. The Morgan fingerprint density at radius 1 is 1.37 bits per heavy atom. The highest BCUT2D eigenvalue weighted by Gasteiger charge is 2.07. The number of ether oxygens (including phenoxy) is 1. The fraction of sp³-hybridized carbons (Fsp3) is 0.571. The van der Waals surface area contributed by atoms with Gasteiger partial charge in [0, 0.05) is 12.3 Å². The summed E-state index contributed by atoms with van der Waals surface area (Å²) in [5.74, 6) is 0.956. The summed E-state index contributed by atoms with van der Waals surface area (Å²) in [4.78, 5) is 0. The molecule has 5 heteroatoms. The van der Waals surface area contributed by atoms with E-state index in [1.165, 1.54) is 11.8 Å². The number of aryl methyl sites for hydroxylation is 1. The summed E-state index contributed by atoms with van der Waals surface area (Å²) >= 11 is 0. The van der Waals surface area contributed by atoms with E-state index in [0.29, 0.717) is 13.0 Å². The molecule has 0 heterocycles. The van der Waals surface area contributed by atoms with Crippen molar-refractivity contribution in [2.45, 2.75) is 32.7 Å². The normalized spacial score (nSPS) is 13.3. The van der Waals surface area contributed by atoms with Crippen LogP contribution >= 0.6 is 0 Å². The first-order chi connectivity index (χ1) is 8.78. The van der Waals surface area contributed by atoms with Gasteiger partial charge in [-0.05, 0) is 38.3 Å². The average Bonchev–Trinajstić information content (AvgIpc) is 2.24. The molecule has 19 heavy (non-hydrogen) atoms. The van der Waals surface area contributed by atoms with Crippen molar-refractivity contribution in [2.24, 2.45) is 5.73 Å². The summed E-state index contributed by atoms with van der Waals surface area (Å²) in [6.45, 7) is 4.38. The van der Waals surface area contributed by atoms with Gasteiger partial charge < -0.3 is 10.5 Å². The van der Waals surface area contributed by atoms with Crippen LogP contribution in [0.25, 0.3) is 0 Å². The van der Waals surface area contributed by atoms with E-state index in [2.05, 4.69) is 6.07 Å². The lowest BCUT2D eigenvalue weighted by molar-refractivity contribution is 0.314. The number of sulfone groups is 1. The molecule has 1 unspecified atom stereocenters. The third-order valence-corrected chi connectivity index (χ3v) is 3.71. The Bertz CT molecular complexity index is 509. The molecule has 0 amide bonds. The van der Waals surface area contributed by atoms with Crippen molar-refractivity contribution in [3.8, 4) is 5.75 Å².